The molecule has 20 heavy (non-hydrogen) atoms. The highest BCUT2D eigenvalue weighted by atomic mass is 127. The van der Waals surface area contributed by atoms with Gasteiger partial charge in [0, 0.05) is 13.1 Å². The number of hydrogen-bond donors (Lipinski definition) is 1. The van der Waals surface area contributed by atoms with Crippen molar-refractivity contribution in [1.29, 1.82) is 0 Å². The Morgan fingerprint density at radius 2 is 1.90 bits per heavy atom. The molecule has 1 heterocycles. The van der Waals surface area contributed by atoms with Crippen molar-refractivity contribution in [2.24, 2.45) is 10.7 Å². The first kappa shape index (κ1) is 17.5. The summed E-state index contributed by atoms with van der Waals surface area (Å²) in [6.45, 7) is 2.38. The smallest absolute Gasteiger partial charge is 0.191 e. The SMILES string of the molecule is I.NC(=NCc1ccc(F)c(Cl)c1)N1CCCCCC1. The Morgan fingerprint density at radius 3 is 2.50 bits per heavy atom. The first-order valence-electron chi connectivity index (χ1n) is 6.65. The number of rotatable bonds is 2. The van der Waals surface area contributed by atoms with E-state index in [2.05, 4.69) is 9.89 Å². The van der Waals surface area contributed by atoms with E-state index in [0.29, 0.717) is 12.5 Å². The number of aliphatic imine (C=N–C) groups is 1. The third-order valence-corrected chi connectivity index (χ3v) is 3.63. The van der Waals surface area contributed by atoms with E-state index in [1.807, 2.05) is 0 Å². The lowest BCUT2D eigenvalue weighted by Crippen LogP contribution is -2.38. The average Bonchev–Trinajstić information content (AvgIpc) is 2.69. The van der Waals surface area contributed by atoms with Gasteiger partial charge in [-0.15, -0.1) is 24.0 Å². The molecule has 0 saturated carbocycles. The van der Waals surface area contributed by atoms with Gasteiger partial charge in [0.25, 0.3) is 0 Å². The van der Waals surface area contributed by atoms with Gasteiger partial charge in [0.1, 0.15) is 5.82 Å². The van der Waals surface area contributed by atoms with E-state index in [4.69, 9.17) is 17.3 Å². The van der Waals surface area contributed by atoms with Crippen LogP contribution in [0, 0.1) is 5.82 Å². The van der Waals surface area contributed by atoms with Crippen molar-refractivity contribution in [2.45, 2.75) is 32.2 Å². The largest absolute Gasteiger partial charge is 0.370 e. The van der Waals surface area contributed by atoms with Crippen LogP contribution in [-0.4, -0.2) is 23.9 Å². The summed E-state index contributed by atoms with van der Waals surface area (Å²) >= 11 is 5.73. The highest BCUT2D eigenvalue weighted by molar-refractivity contribution is 14.0. The van der Waals surface area contributed by atoms with Gasteiger partial charge in [-0.05, 0) is 30.5 Å². The number of nitrogens with zero attached hydrogens (tertiary/aromatic N) is 2. The second-order valence-electron chi connectivity index (χ2n) is 4.82. The molecule has 0 unspecified atom stereocenters. The van der Waals surface area contributed by atoms with Gasteiger partial charge < -0.3 is 10.6 Å². The van der Waals surface area contributed by atoms with Crippen LogP contribution in [0.2, 0.25) is 5.02 Å². The minimum atomic E-state index is -0.408. The number of hydrogen-bond acceptors (Lipinski definition) is 1. The van der Waals surface area contributed by atoms with Crippen molar-refractivity contribution in [3.63, 3.8) is 0 Å². The summed E-state index contributed by atoms with van der Waals surface area (Å²) in [5.41, 5.74) is 6.87. The van der Waals surface area contributed by atoms with Crippen LogP contribution in [0.3, 0.4) is 0 Å². The van der Waals surface area contributed by atoms with Gasteiger partial charge >= 0.3 is 0 Å². The second kappa shape index (κ2) is 8.67. The van der Waals surface area contributed by atoms with Crippen molar-refractivity contribution in [2.75, 3.05) is 13.1 Å². The first-order chi connectivity index (χ1) is 9.16. The molecule has 112 valence electrons. The fraction of sp³-hybridized carbons (Fsp3) is 0.500. The van der Waals surface area contributed by atoms with Gasteiger partial charge in [-0.2, -0.15) is 0 Å². The van der Waals surface area contributed by atoms with E-state index in [-0.39, 0.29) is 29.0 Å². The predicted octanol–water partition coefficient (Wildman–Crippen LogP) is 3.79. The molecule has 0 bridgehead atoms. The Bertz CT molecular complexity index is 460. The molecule has 3 nitrogen and oxygen atoms in total. The van der Waals surface area contributed by atoms with E-state index in [9.17, 15) is 4.39 Å². The average molecular weight is 412 g/mol. The fourth-order valence-corrected chi connectivity index (χ4v) is 2.41. The topological polar surface area (TPSA) is 41.6 Å². The normalized spacial score (nSPS) is 16.5. The molecule has 0 aromatic heterocycles. The monoisotopic (exact) mass is 411 g/mol. The summed E-state index contributed by atoms with van der Waals surface area (Å²) in [6, 6.07) is 4.63. The molecule has 0 atom stereocenters. The molecule has 6 heteroatoms. The minimum Gasteiger partial charge on any atom is -0.370 e. The summed E-state index contributed by atoms with van der Waals surface area (Å²) in [5.74, 6) is 0.164. The number of likely N-dealkylation sites (tertiary alicyclic amines) is 1. The number of benzene rings is 1. The molecule has 0 amide bonds. The first-order valence-corrected chi connectivity index (χ1v) is 7.03. The highest BCUT2D eigenvalue weighted by Crippen LogP contribution is 2.16. The van der Waals surface area contributed by atoms with Gasteiger partial charge in [-0.25, -0.2) is 9.38 Å². The summed E-state index contributed by atoms with van der Waals surface area (Å²) in [4.78, 5) is 6.49. The predicted molar refractivity (Wildman–Crippen MR) is 92.2 cm³/mol. The summed E-state index contributed by atoms with van der Waals surface area (Å²) in [6.07, 6.45) is 4.85. The second-order valence-corrected chi connectivity index (χ2v) is 5.23. The van der Waals surface area contributed by atoms with Crippen molar-refractivity contribution >= 4 is 41.5 Å². The van der Waals surface area contributed by atoms with Gasteiger partial charge in [-0.1, -0.05) is 30.5 Å². The zero-order valence-corrected chi connectivity index (χ0v) is 14.4. The maximum Gasteiger partial charge on any atom is 0.191 e. The molecule has 0 spiro atoms. The van der Waals surface area contributed by atoms with Gasteiger partial charge in [-0.3, -0.25) is 0 Å². The lowest BCUT2D eigenvalue weighted by atomic mass is 10.2. The Hall–Kier alpha value is -0.560. The lowest BCUT2D eigenvalue weighted by Gasteiger charge is -2.21. The van der Waals surface area contributed by atoms with Gasteiger partial charge in [0.2, 0.25) is 0 Å². The Morgan fingerprint density at radius 1 is 1.25 bits per heavy atom. The number of halogens is 3. The van der Waals surface area contributed by atoms with Gasteiger partial charge in [0.05, 0.1) is 11.6 Å². The van der Waals surface area contributed by atoms with Crippen LogP contribution in [0.1, 0.15) is 31.2 Å². The Labute approximate surface area is 141 Å². The maximum atomic E-state index is 13.0. The third-order valence-electron chi connectivity index (χ3n) is 3.34. The van der Waals surface area contributed by atoms with Crippen LogP contribution in [-0.2, 0) is 6.54 Å². The summed E-state index contributed by atoms with van der Waals surface area (Å²) < 4.78 is 13.0. The number of guanidine groups is 1. The van der Waals surface area contributed by atoms with E-state index < -0.39 is 5.82 Å². The molecule has 1 aromatic carbocycles. The molecule has 0 aliphatic carbocycles. The zero-order valence-electron chi connectivity index (χ0n) is 11.3. The van der Waals surface area contributed by atoms with Crippen molar-refractivity contribution in [3.8, 4) is 0 Å². The Balaban J connectivity index is 0.00000200. The van der Waals surface area contributed by atoms with Crippen LogP contribution < -0.4 is 5.73 Å². The van der Waals surface area contributed by atoms with Gasteiger partial charge in [0.15, 0.2) is 5.96 Å². The molecule has 1 fully saturated rings. The third kappa shape index (κ3) is 5.09. The number of nitrogens with two attached hydrogens (primary N) is 1. The van der Waals surface area contributed by atoms with E-state index >= 15 is 0 Å². The van der Waals surface area contributed by atoms with Crippen molar-refractivity contribution in [1.82, 2.24) is 4.90 Å². The molecule has 2 rings (SSSR count). The summed E-state index contributed by atoms with van der Waals surface area (Å²) in [5, 5.41) is 0.126. The molecular weight excluding hydrogens is 392 g/mol. The zero-order chi connectivity index (χ0) is 13.7. The van der Waals surface area contributed by atoms with E-state index in [1.165, 1.54) is 31.7 Å². The molecule has 1 aromatic rings. The molecule has 1 aliphatic rings. The lowest BCUT2D eigenvalue weighted by molar-refractivity contribution is 0.428. The minimum absolute atomic E-state index is 0. The highest BCUT2D eigenvalue weighted by Gasteiger charge is 2.10. The molecule has 2 N–H and O–H groups in total. The van der Waals surface area contributed by atoms with E-state index in [0.717, 1.165) is 18.7 Å². The molecule has 0 radical (unpaired) electrons. The summed E-state index contributed by atoms with van der Waals surface area (Å²) in [7, 11) is 0. The fourth-order valence-electron chi connectivity index (χ4n) is 2.21. The van der Waals surface area contributed by atoms with Crippen molar-refractivity contribution in [3.05, 3.63) is 34.6 Å². The Kier molecular flexibility index (Phi) is 7.58. The van der Waals surface area contributed by atoms with E-state index in [1.54, 1.807) is 12.1 Å². The maximum absolute atomic E-state index is 13.0. The molecular formula is C14H20ClFIN3. The standard InChI is InChI=1S/C14H19ClFN3.HI/c15-12-9-11(5-6-13(12)16)10-18-14(17)19-7-3-1-2-4-8-19;/h5-6,9H,1-4,7-8,10H2,(H2,17,18);1H. The molecule has 1 aliphatic heterocycles. The quantitative estimate of drug-likeness (QED) is 0.457. The van der Waals surface area contributed by atoms with Crippen LogP contribution in [0.4, 0.5) is 4.39 Å². The van der Waals surface area contributed by atoms with Crippen LogP contribution >= 0.6 is 35.6 Å². The van der Waals surface area contributed by atoms with Crippen LogP contribution in [0.25, 0.3) is 0 Å². The van der Waals surface area contributed by atoms with Crippen LogP contribution in [0.15, 0.2) is 23.2 Å². The molecule has 1 saturated heterocycles. The van der Waals surface area contributed by atoms with Crippen LogP contribution in [0.5, 0.6) is 0 Å². The van der Waals surface area contributed by atoms with Crippen molar-refractivity contribution < 1.29 is 4.39 Å².